The van der Waals surface area contributed by atoms with Crippen molar-refractivity contribution in [3.8, 4) is 0 Å². The lowest BCUT2D eigenvalue weighted by molar-refractivity contribution is 0.0951. The normalized spacial score (nSPS) is 10.1. The monoisotopic (exact) mass is 270 g/mol. The van der Waals surface area contributed by atoms with Gasteiger partial charge in [-0.2, -0.15) is 0 Å². The molecule has 5 nitrogen and oxygen atoms in total. The molecule has 0 aromatic carbocycles. The Kier molecular flexibility index (Phi) is 5.06. The first-order valence-electron chi connectivity index (χ1n) is 6.67. The zero-order chi connectivity index (χ0) is 14.2. The van der Waals surface area contributed by atoms with Gasteiger partial charge in [-0.15, -0.1) is 0 Å². The van der Waals surface area contributed by atoms with Gasteiger partial charge < -0.3 is 10.6 Å². The van der Waals surface area contributed by atoms with Gasteiger partial charge in [0.1, 0.15) is 5.82 Å². The maximum atomic E-state index is 12.2. The van der Waals surface area contributed by atoms with Crippen LogP contribution in [0.2, 0.25) is 0 Å². The topological polar surface area (TPSA) is 66.9 Å². The molecule has 0 aliphatic rings. The van der Waals surface area contributed by atoms with Gasteiger partial charge in [0.15, 0.2) is 0 Å². The summed E-state index contributed by atoms with van der Waals surface area (Å²) in [6, 6.07) is 7.28. The van der Waals surface area contributed by atoms with E-state index in [1.807, 2.05) is 12.1 Å². The molecule has 0 aliphatic heterocycles. The number of aromatic nitrogens is 2. The minimum absolute atomic E-state index is 0.131. The number of nitrogens with zero attached hydrogens (tertiary/aromatic N) is 2. The average Bonchev–Trinajstić information content (AvgIpc) is 2.52. The zero-order valence-electron chi connectivity index (χ0n) is 11.5. The lowest BCUT2D eigenvalue weighted by atomic mass is 10.2. The summed E-state index contributed by atoms with van der Waals surface area (Å²) < 4.78 is 0. The summed E-state index contributed by atoms with van der Waals surface area (Å²) in [5.41, 5.74) is 1.58. The number of hydrogen-bond donors (Lipinski definition) is 2. The lowest BCUT2D eigenvalue weighted by Crippen LogP contribution is -2.24. The number of rotatable bonds is 6. The van der Waals surface area contributed by atoms with Crippen LogP contribution >= 0.6 is 0 Å². The maximum absolute atomic E-state index is 12.2. The predicted octanol–water partition coefficient (Wildman–Crippen LogP) is 2.23. The van der Waals surface area contributed by atoms with Crippen LogP contribution in [0.1, 0.15) is 29.3 Å². The molecule has 104 valence electrons. The molecule has 0 saturated carbocycles. The van der Waals surface area contributed by atoms with E-state index < -0.39 is 0 Å². The number of carbonyl (C=O) groups is 1. The van der Waals surface area contributed by atoms with Gasteiger partial charge in [-0.1, -0.05) is 6.92 Å². The molecule has 0 bridgehead atoms. The number of carbonyl (C=O) groups excluding carboxylic acids is 1. The van der Waals surface area contributed by atoms with Crippen LogP contribution in [0.5, 0.6) is 0 Å². The standard InChI is InChI=1S/C15H18N4O/c1-2-7-17-14-13(4-3-8-18-14)15(20)19-11-12-5-9-16-10-6-12/h3-6,8-10H,2,7,11H2,1H3,(H,17,18)(H,19,20). The zero-order valence-corrected chi connectivity index (χ0v) is 11.5. The summed E-state index contributed by atoms with van der Waals surface area (Å²) in [5, 5.41) is 6.05. The maximum Gasteiger partial charge on any atom is 0.255 e. The fourth-order valence-corrected chi connectivity index (χ4v) is 1.75. The van der Waals surface area contributed by atoms with Gasteiger partial charge in [0, 0.05) is 31.7 Å². The molecule has 0 saturated heterocycles. The van der Waals surface area contributed by atoms with Crippen LogP contribution in [0.4, 0.5) is 5.82 Å². The van der Waals surface area contributed by atoms with Gasteiger partial charge in [-0.3, -0.25) is 9.78 Å². The first kappa shape index (κ1) is 14.0. The van der Waals surface area contributed by atoms with E-state index in [0.717, 1.165) is 18.5 Å². The summed E-state index contributed by atoms with van der Waals surface area (Å²) in [4.78, 5) is 20.4. The van der Waals surface area contributed by atoms with Crippen LogP contribution in [0.15, 0.2) is 42.9 Å². The van der Waals surface area contributed by atoms with Gasteiger partial charge in [-0.25, -0.2) is 4.98 Å². The van der Waals surface area contributed by atoms with Crippen molar-refractivity contribution in [2.45, 2.75) is 19.9 Å². The minimum Gasteiger partial charge on any atom is -0.369 e. The quantitative estimate of drug-likeness (QED) is 0.844. The number of nitrogens with one attached hydrogen (secondary N) is 2. The van der Waals surface area contributed by atoms with Crippen molar-refractivity contribution in [2.75, 3.05) is 11.9 Å². The number of amides is 1. The molecule has 2 aromatic heterocycles. The van der Waals surface area contributed by atoms with Gasteiger partial charge in [-0.05, 0) is 36.2 Å². The molecule has 2 aromatic rings. The molecule has 0 spiro atoms. The first-order chi connectivity index (χ1) is 9.81. The van der Waals surface area contributed by atoms with Crippen molar-refractivity contribution in [3.05, 3.63) is 54.0 Å². The highest BCUT2D eigenvalue weighted by molar-refractivity contribution is 5.98. The molecular weight excluding hydrogens is 252 g/mol. The second kappa shape index (κ2) is 7.23. The molecule has 0 fully saturated rings. The van der Waals surface area contributed by atoms with E-state index in [1.165, 1.54) is 0 Å². The third-order valence-electron chi connectivity index (χ3n) is 2.80. The SMILES string of the molecule is CCCNc1ncccc1C(=O)NCc1ccncc1. The second-order valence-electron chi connectivity index (χ2n) is 4.36. The van der Waals surface area contributed by atoms with E-state index in [9.17, 15) is 4.79 Å². The Morgan fingerprint density at radius 2 is 2.00 bits per heavy atom. The van der Waals surface area contributed by atoms with Gasteiger partial charge in [0.2, 0.25) is 0 Å². The molecule has 2 heterocycles. The van der Waals surface area contributed by atoms with Crippen LogP contribution in [0.25, 0.3) is 0 Å². The third-order valence-corrected chi connectivity index (χ3v) is 2.80. The molecule has 0 radical (unpaired) electrons. The largest absolute Gasteiger partial charge is 0.369 e. The molecule has 2 N–H and O–H groups in total. The van der Waals surface area contributed by atoms with Crippen molar-refractivity contribution in [3.63, 3.8) is 0 Å². The van der Waals surface area contributed by atoms with E-state index in [0.29, 0.717) is 17.9 Å². The van der Waals surface area contributed by atoms with E-state index in [4.69, 9.17) is 0 Å². The van der Waals surface area contributed by atoms with Crippen LogP contribution in [-0.4, -0.2) is 22.4 Å². The second-order valence-corrected chi connectivity index (χ2v) is 4.36. The van der Waals surface area contributed by atoms with Gasteiger partial charge in [0.05, 0.1) is 5.56 Å². The number of pyridine rings is 2. The van der Waals surface area contributed by atoms with Crippen LogP contribution < -0.4 is 10.6 Å². The van der Waals surface area contributed by atoms with Crippen molar-refractivity contribution in [2.24, 2.45) is 0 Å². The first-order valence-corrected chi connectivity index (χ1v) is 6.67. The summed E-state index contributed by atoms with van der Waals surface area (Å²) >= 11 is 0. The number of anilines is 1. The lowest BCUT2D eigenvalue weighted by Gasteiger charge is -2.10. The summed E-state index contributed by atoms with van der Waals surface area (Å²) in [5.74, 6) is 0.495. The predicted molar refractivity (Wildman–Crippen MR) is 78.4 cm³/mol. The van der Waals surface area contributed by atoms with E-state index in [2.05, 4.69) is 27.5 Å². The van der Waals surface area contributed by atoms with E-state index in [1.54, 1.807) is 30.7 Å². The van der Waals surface area contributed by atoms with Crippen LogP contribution in [0, 0.1) is 0 Å². The molecular formula is C15H18N4O. The Morgan fingerprint density at radius 1 is 1.20 bits per heavy atom. The average molecular weight is 270 g/mol. The summed E-state index contributed by atoms with van der Waals surface area (Å²) in [7, 11) is 0. The summed E-state index contributed by atoms with van der Waals surface area (Å²) in [6.07, 6.45) is 6.08. The van der Waals surface area contributed by atoms with Crippen molar-refractivity contribution >= 4 is 11.7 Å². The Morgan fingerprint density at radius 3 is 2.75 bits per heavy atom. The molecule has 1 amide bonds. The van der Waals surface area contributed by atoms with Crippen molar-refractivity contribution < 1.29 is 4.79 Å². The summed E-state index contributed by atoms with van der Waals surface area (Å²) in [6.45, 7) is 3.34. The Labute approximate surface area is 118 Å². The highest BCUT2D eigenvalue weighted by Crippen LogP contribution is 2.11. The van der Waals surface area contributed by atoms with Crippen molar-refractivity contribution in [1.29, 1.82) is 0 Å². The van der Waals surface area contributed by atoms with Crippen molar-refractivity contribution in [1.82, 2.24) is 15.3 Å². The molecule has 5 heteroatoms. The Hall–Kier alpha value is -2.43. The Balaban J connectivity index is 2.01. The molecule has 0 aliphatic carbocycles. The highest BCUT2D eigenvalue weighted by Gasteiger charge is 2.11. The van der Waals surface area contributed by atoms with Gasteiger partial charge >= 0.3 is 0 Å². The van der Waals surface area contributed by atoms with E-state index >= 15 is 0 Å². The minimum atomic E-state index is -0.131. The molecule has 0 atom stereocenters. The third kappa shape index (κ3) is 3.78. The van der Waals surface area contributed by atoms with E-state index in [-0.39, 0.29) is 5.91 Å². The Bertz CT molecular complexity index is 557. The smallest absolute Gasteiger partial charge is 0.255 e. The highest BCUT2D eigenvalue weighted by atomic mass is 16.1. The fraction of sp³-hybridized carbons (Fsp3) is 0.267. The molecule has 2 rings (SSSR count). The van der Waals surface area contributed by atoms with Gasteiger partial charge in [0.25, 0.3) is 5.91 Å². The fourth-order valence-electron chi connectivity index (χ4n) is 1.75. The number of hydrogen-bond acceptors (Lipinski definition) is 4. The van der Waals surface area contributed by atoms with Crippen LogP contribution in [0.3, 0.4) is 0 Å². The molecule has 0 unspecified atom stereocenters. The van der Waals surface area contributed by atoms with Crippen LogP contribution in [-0.2, 0) is 6.54 Å². The molecule has 20 heavy (non-hydrogen) atoms.